The van der Waals surface area contributed by atoms with Gasteiger partial charge in [0, 0.05) is 42.0 Å². The summed E-state index contributed by atoms with van der Waals surface area (Å²) >= 11 is 1.90. The number of anilines is 3. The molecule has 0 aliphatic carbocycles. The number of nitrogens with zero attached hydrogens (tertiary/aromatic N) is 1. The molecule has 0 spiro atoms. The Balaban J connectivity index is 1.19. The van der Waals surface area contributed by atoms with Crippen molar-refractivity contribution in [3.63, 3.8) is 0 Å². The second-order valence-corrected chi connectivity index (χ2v) is 14.4. The van der Waals surface area contributed by atoms with Crippen molar-refractivity contribution in [3.8, 4) is 33.4 Å². The molecule has 0 atom stereocenters. The summed E-state index contributed by atoms with van der Waals surface area (Å²) in [6.45, 7) is 0. The van der Waals surface area contributed by atoms with Crippen molar-refractivity contribution in [2.75, 3.05) is 4.90 Å². The fraction of sp³-hybridized carbons (Fsp3) is 0. The van der Waals surface area contributed by atoms with Crippen LogP contribution in [0.15, 0.2) is 200 Å². The second kappa shape index (κ2) is 12.7. The Bertz CT molecular complexity index is 2880. The minimum absolute atomic E-state index is 1.12. The molecule has 0 fully saturated rings. The van der Waals surface area contributed by atoms with E-state index in [1.807, 2.05) is 11.3 Å². The standard InChI is InChI=1S/C50H33NS/c1-3-13-34(14-4-1)36-25-27-37(28-26-36)39-19-11-20-41(31-39)51(47-24-12-18-38-17-7-8-21-42(38)47)48-33-46-44-30-29-40(35-15-5-2-6-16-35)32-49(44)52-50(46)45-23-10-9-22-43(45)48/h1-33H. The van der Waals surface area contributed by atoms with Gasteiger partial charge in [-0.05, 0) is 69.1 Å². The molecule has 0 saturated heterocycles. The zero-order chi connectivity index (χ0) is 34.4. The Kier molecular flexibility index (Phi) is 7.41. The van der Waals surface area contributed by atoms with E-state index in [4.69, 9.17) is 0 Å². The van der Waals surface area contributed by atoms with Gasteiger partial charge in [0.25, 0.3) is 0 Å². The third-order valence-corrected chi connectivity index (χ3v) is 11.4. The van der Waals surface area contributed by atoms with Gasteiger partial charge in [0.15, 0.2) is 0 Å². The highest BCUT2D eigenvalue weighted by Gasteiger charge is 2.21. The number of thiophene rings is 1. The maximum atomic E-state index is 2.48. The molecule has 10 rings (SSSR count). The topological polar surface area (TPSA) is 3.24 Å². The SMILES string of the molecule is c1ccc(-c2ccc(-c3cccc(N(c4cccc5ccccc45)c4cc5c6ccc(-c7ccccc7)cc6sc5c5ccccc45)c3)cc2)cc1. The Morgan fingerprint density at radius 2 is 0.846 bits per heavy atom. The first-order chi connectivity index (χ1) is 25.8. The molecular weight excluding hydrogens is 647 g/mol. The summed E-state index contributed by atoms with van der Waals surface area (Å²) in [7, 11) is 0. The van der Waals surface area contributed by atoms with E-state index >= 15 is 0 Å². The molecule has 0 aliphatic heterocycles. The highest BCUT2D eigenvalue weighted by Crippen LogP contribution is 2.48. The maximum Gasteiger partial charge on any atom is 0.0547 e. The van der Waals surface area contributed by atoms with Crippen LogP contribution in [0.2, 0.25) is 0 Å². The Hall–Kier alpha value is -6.48. The van der Waals surface area contributed by atoms with E-state index < -0.39 is 0 Å². The van der Waals surface area contributed by atoms with E-state index in [9.17, 15) is 0 Å². The lowest BCUT2D eigenvalue weighted by Crippen LogP contribution is -2.11. The molecule has 0 aliphatic rings. The van der Waals surface area contributed by atoms with E-state index in [-0.39, 0.29) is 0 Å². The highest BCUT2D eigenvalue weighted by molar-refractivity contribution is 7.26. The van der Waals surface area contributed by atoms with Crippen LogP contribution in [0.25, 0.3) is 75.1 Å². The average Bonchev–Trinajstić information content (AvgIpc) is 3.60. The quantitative estimate of drug-likeness (QED) is 0.169. The second-order valence-electron chi connectivity index (χ2n) is 13.3. The van der Waals surface area contributed by atoms with Gasteiger partial charge in [0.05, 0.1) is 11.4 Å². The van der Waals surface area contributed by atoms with Crippen LogP contribution in [0, 0.1) is 0 Å². The summed E-state index contributed by atoms with van der Waals surface area (Å²) in [4.78, 5) is 2.48. The molecule has 244 valence electrons. The number of hydrogen-bond acceptors (Lipinski definition) is 2. The summed E-state index contributed by atoms with van der Waals surface area (Å²) < 4.78 is 2.63. The monoisotopic (exact) mass is 679 g/mol. The molecule has 0 unspecified atom stereocenters. The predicted molar refractivity (Wildman–Crippen MR) is 225 cm³/mol. The zero-order valence-electron chi connectivity index (χ0n) is 28.4. The predicted octanol–water partition coefficient (Wildman–Crippen LogP) is 14.8. The van der Waals surface area contributed by atoms with Crippen LogP contribution in [0.4, 0.5) is 17.1 Å². The minimum Gasteiger partial charge on any atom is -0.309 e. The molecule has 0 N–H and O–H groups in total. The number of benzene rings is 9. The fourth-order valence-corrected chi connectivity index (χ4v) is 8.96. The normalized spacial score (nSPS) is 11.5. The average molecular weight is 680 g/mol. The summed E-state index contributed by atoms with van der Waals surface area (Å²) in [5.41, 5.74) is 10.8. The number of rotatable bonds is 6. The molecule has 2 heteroatoms. The van der Waals surface area contributed by atoms with E-state index in [2.05, 4.69) is 205 Å². The van der Waals surface area contributed by atoms with Crippen LogP contribution in [-0.4, -0.2) is 0 Å². The fourth-order valence-electron chi connectivity index (χ4n) is 7.70. The van der Waals surface area contributed by atoms with Crippen molar-refractivity contribution in [1.82, 2.24) is 0 Å². The van der Waals surface area contributed by atoms with Gasteiger partial charge in [-0.25, -0.2) is 0 Å². The first-order valence-electron chi connectivity index (χ1n) is 17.8. The van der Waals surface area contributed by atoms with E-state index in [1.165, 1.54) is 80.8 Å². The summed E-state index contributed by atoms with van der Waals surface area (Å²) in [6, 6.07) is 72.9. The van der Waals surface area contributed by atoms with Crippen molar-refractivity contribution in [2.24, 2.45) is 0 Å². The molecule has 9 aromatic carbocycles. The number of hydrogen-bond donors (Lipinski definition) is 0. The minimum atomic E-state index is 1.12. The summed E-state index contributed by atoms with van der Waals surface area (Å²) in [5.74, 6) is 0. The van der Waals surface area contributed by atoms with Gasteiger partial charge in [-0.3, -0.25) is 0 Å². The molecule has 0 amide bonds. The molecule has 52 heavy (non-hydrogen) atoms. The van der Waals surface area contributed by atoms with Crippen LogP contribution in [0.3, 0.4) is 0 Å². The largest absolute Gasteiger partial charge is 0.309 e. The number of fused-ring (bicyclic) bond motifs is 6. The molecule has 0 radical (unpaired) electrons. The molecule has 0 bridgehead atoms. The first kappa shape index (κ1) is 30.4. The summed E-state index contributed by atoms with van der Waals surface area (Å²) in [5, 5.41) is 7.51. The molecule has 10 aromatic rings. The van der Waals surface area contributed by atoms with Crippen molar-refractivity contribution >= 4 is 70.1 Å². The van der Waals surface area contributed by atoms with Crippen molar-refractivity contribution in [2.45, 2.75) is 0 Å². The van der Waals surface area contributed by atoms with E-state index in [0.717, 1.165) is 11.4 Å². The molecule has 1 heterocycles. The lowest BCUT2D eigenvalue weighted by atomic mass is 9.98. The zero-order valence-corrected chi connectivity index (χ0v) is 29.2. The van der Waals surface area contributed by atoms with Crippen LogP contribution in [0.5, 0.6) is 0 Å². The van der Waals surface area contributed by atoms with Gasteiger partial charge in [-0.1, -0.05) is 170 Å². The highest BCUT2D eigenvalue weighted by atomic mass is 32.1. The van der Waals surface area contributed by atoms with Gasteiger partial charge >= 0.3 is 0 Å². The van der Waals surface area contributed by atoms with Gasteiger partial charge in [-0.15, -0.1) is 11.3 Å². The Morgan fingerprint density at radius 1 is 0.308 bits per heavy atom. The van der Waals surface area contributed by atoms with Crippen molar-refractivity contribution < 1.29 is 0 Å². The van der Waals surface area contributed by atoms with Crippen LogP contribution in [0.1, 0.15) is 0 Å². The van der Waals surface area contributed by atoms with Gasteiger partial charge in [0.2, 0.25) is 0 Å². The van der Waals surface area contributed by atoms with Crippen molar-refractivity contribution in [3.05, 3.63) is 200 Å². The molecule has 0 saturated carbocycles. The first-order valence-corrected chi connectivity index (χ1v) is 18.6. The Morgan fingerprint density at radius 3 is 1.62 bits per heavy atom. The van der Waals surface area contributed by atoms with Crippen LogP contribution >= 0.6 is 11.3 Å². The third-order valence-electron chi connectivity index (χ3n) is 10.2. The van der Waals surface area contributed by atoms with E-state index in [0.29, 0.717) is 0 Å². The van der Waals surface area contributed by atoms with Gasteiger partial charge < -0.3 is 4.90 Å². The summed E-state index contributed by atoms with van der Waals surface area (Å²) in [6.07, 6.45) is 0. The van der Waals surface area contributed by atoms with Gasteiger partial charge in [0.1, 0.15) is 0 Å². The molecule has 1 aromatic heterocycles. The lowest BCUT2D eigenvalue weighted by molar-refractivity contribution is 1.32. The molecule has 1 nitrogen and oxygen atoms in total. The smallest absolute Gasteiger partial charge is 0.0547 e. The van der Waals surface area contributed by atoms with E-state index in [1.54, 1.807) is 0 Å². The van der Waals surface area contributed by atoms with Gasteiger partial charge in [-0.2, -0.15) is 0 Å². The third kappa shape index (κ3) is 5.24. The van der Waals surface area contributed by atoms with Crippen LogP contribution < -0.4 is 4.90 Å². The molecular formula is C50H33NS. The Labute approximate surface area is 307 Å². The maximum absolute atomic E-state index is 2.48. The van der Waals surface area contributed by atoms with Crippen molar-refractivity contribution in [1.29, 1.82) is 0 Å². The van der Waals surface area contributed by atoms with Crippen LogP contribution in [-0.2, 0) is 0 Å². The lowest BCUT2D eigenvalue weighted by Gasteiger charge is -2.29.